The maximum Gasteiger partial charge on any atom is 0.0235 e. The summed E-state index contributed by atoms with van der Waals surface area (Å²) in [6, 6.07) is 0. The number of nitrogens with zero attached hydrogens (tertiary/aromatic N) is 1. The second-order valence-corrected chi connectivity index (χ2v) is 2.86. The standard InChI is InChI=1S/C8H15N/c1-4-8-5-7(2)9(3)6-8/h5,8H,4,6H2,1-3H3. The fourth-order valence-electron chi connectivity index (χ4n) is 1.26. The van der Waals surface area contributed by atoms with Crippen LogP contribution in [0.25, 0.3) is 0 Å². The van der Waals surface area contributed by atoms with Gasteiger partial charge in [-0.05, 0) is 19.3 Å². The zero-order chi connectivity index (χ0) is 6.85. The molecule has 0 N–H and O–H groups in total. The van der Waals surface area contributed by atoms with Crippen molar-refractivity contribution in [3.8, 4) is 0 Å². The topological polar surface area (TPSA) is 3.24 Å². The minimum Gasteiger partial charge on any atom is -0.378 e. The SMILES string of the molecule is CCC1C=C(C)N(C)C1. The molecule has 1 aliphatic heterocycles. The van der Waals surface area contributed by atoms with Crippen LogP contribution in [0.3, 0.4) is 0 Å². The van der Waals surface area contributed by atoms with Crippen LogP contribution >= 0.6 is 0 Å². The van der Waals surface area contributed by atoms with Gasteiger partial charge in [0.1, 0.15) is 0 Å². The molecule has 1 heteroatoms. The van der Waals surface area contributed by atoms with Crippen molar-refractivity contribution in [2.24, 2.45) is 5.92 Å². The fraction of sp³-hybridized carbons (Fsp3) is 0.750. The van der Waals surface area contributed by atoms with E-state index in [-0.39, 0.29) is 0 Å². The lowest BCUT2D eigenvalue weighted by Gasteiger charge is -2.13. The Bertz CT molecular complexity index is 127. The Hall–Kier alpha value is -0.460. The maximum atomic E-state index is 2.36. The van der Waals surface area contributed by atoms with Gasteiger partial charge in [0.15, 0.2) is 0 Å². The molecule has 0 amide bonds. The van der Waals surface area contributed by atoms with Crippen molar-refractivity contribution >= 4 is 0 Å². The summed E-state index contributed by atoms with van der Waals surface area (Å²) >= 11 is 0. The van der Waals surface area contributed by atoms with E-state index in [1.165, 1.54) is 18.7 Å². The highest BCUT2D eigenvalue weighted by atomic mass is 15.1. The monoisotopic (exact) mass is 125 g/mol. The summed E-state index contributed by atoms with van der Waals surface area (Å²) in [7, 11) is 2.15. The van der Waals surface area contributed by atoms with Gasteiger partial charge in [-0.25, -0.2) is 0 Å². The van der Waals surface area contributed by atoms with E-state index in [0.29, 0.717) is 0 Å². The van der Waals surface area contributed by atoms with Crippen LogP contribution in [0.5, 0.6) is 0 Å². The van der Waals surface area contributed by atoms with Gasteiger partial charge in [-0.15, -0.1) is 0 Å². The van der Waals surface area contributed by atoms with Gasteiger partial charge in [0, 0.05) is 19.3 Å². The lowest BCUT2D eigenvalue weighted by molar-refractivity contribution is 0.408. The molecule has 1 nitrogen and oxygen atoms in total. The highest BCUT2D eigenvalue weighted by Gasteiger charge is 2.14. The first-order chi connectivity index (χ1) is 4.24. The van der Waals surface area contributed by atoms with E-state index in [4.69, 9.17) is 0 Å². The van der Waals surface area contributed by atoms with E-state index in [1.807, 2.05) is 0 Å². The Morgan fingerprint density at radius 1 is 1.78 bits per heavy atom. The second-order valence-electron chi connectivity index (χ2n) is 2.86. The third-order valence-electron chi connectivity index (χ3n) is 2.11. The number of rotatable bonds is 1. The first kappa shape index (κ1) is 6.66. The molecular formula is C8H15N. The highest BCUT2D eigenvalue weighted by molar-refractivity contribution is 5.06. The zero-order valence-electron chi connectivity index (χ0n) is 6.52. The molecular weight excluding hydrogens is 110 g/mol. The van der Waals surface area contributed by atoms with Gasteiger partial charge in [0.05, 0.1) is 0 Å². The van der Waals surface area contributed by atoms with Crippen molar-refractivity contribution in [1.82, 2.24) is 4.90 Å². The molecule has 0 aromatic heterocycles. The first-order valence-electron chi connectivity index (χ1n) is 3.63. The van der Waals surface area contributed by atoms with Gasteiger partial charge in [0.2, 0.25) is 0 Å². The number of hydrogen-bond donors (Lipinski definition) is 0. The zero-order valence-corrected chi connectivity index (χ0v) is 6.52. The third-order valence-corrected chi connectivity index (χ3v) is 2.11. The second kappa shape index (κ2) is 2.42. The van der Waals surface area contributed by atoms with E-state index in [1.54, 1.807) is 0 Å². The normalized spacial score (nSPS) is 26.8. The van der Waals surface area contributed by atoms with Gasteiger partial charge in [-0.1, -0.05) is 13.0 Å². The molecule has 0 aliphatic carbocycles. The molecule has 1 unspecified atom stereocenters. The summed E-state index contributed by atoms with van der Waals surface area (Å²) in [4.78, 5) is 2.31. The van der Waals surface area contributed by atoms with Crippen LogP contribution in [0.1, 0.15) is 20.3 Å². The Morgan fingerprint density at radius 2 is 2.44 bits per heavy atom. The van der Waals surface area contributed by atoms with Crippen molar-refractivity contribution in [2.45, 2.75) is 20.3 Å². The minimum absolute atomic E-state index is 0.815. The molecule has 0 spiro atoms. The molecule has 0 aromatic carbocycles. The van der Waals surface area contributed by atoms with Crippen molar-refractivity contribution < 1.29 is 0 Å². The van der Waals surface area contributed by atoms with Gasteiger partial charge < -0.3 is 4.90 Å². The molecule has 1 rings (SSSR count). The van der Waals surface area contributed by atoms with E-state index >= 15 is 0 Å². The fourth-order valence-corrected chi connectivity index (χ4v) is 1.26. The summed E-state index contributed by atoms with van der Waals surface area (Å²) in [5.74, 6) is 0.815. The Kier molecular flexibility index (Phi) is 1.79. The first-order valence-corrected chi connectivity index (χ1v) is 3.63. The molecule has 0 radical (unpaired) electrons. The molecule has 1 atom stereocenters. The molecule has 0 bridgehead atoms. The van der Waals surface area contributed by atoms with Crippen LogP contribution in [0.2, 0.25) is 0 Å². The molecule has 0 fully saturated rings. The summed E-state index contributed by atoms with van der Waals surface area (Å²) in [5.41, 5.74) is 1.43. The van der Waals surface area contributed by atoms with E-state index in [9.17, 15) is 0 Å². The maximum absolute atomic E-state index is 2.36. The summed E-state index contributed by atoms with van der Waals surface area (Å²) < 4.78 is 0. The minimum atomic E-state index is 0.815. The van der Waals surface area contributed by atoms with Gasteiger partial charge in [0.25, 0.3) is 0 Å². The molecule has 0 saturated heterocycles. The van der Waals surface area contributed by atoms with Crippen LogP contribution in [0.4, 0.5) is 0 Å². The average Bonchev–Trinajstić information content (AvgIpc) is 2.13. The van der Waals surface area contributed by atoms with Crippen LogP contribution in [0.15, 0.2) is 11.8 Å². The van der Waals surface area contributed by atoms with E-state index in [2.05, 4.69) is 31.9 Å². The van der Waals surface area contributed by atoms with Crippen LogP contribution in [-0.4, -0.2) is 18.5 Å². The number of allylic oxidation sites excluding steroid dienone is 1. The van der Waals surface area contributed by atoms with Crippen molar-refractivity contribution in [2.75, 3.05) is 13.6 Å². The third kappa shape index (κ3) is 1.26. The van der Waals surface area contributed by atoms with Crippen molar-refractivity contribution in [3.05, 3.63) is 11.8 Å². The Labute approximate surface area is 57.4 Å². The molecule has 0 aromatic rings. The van der Waals surface area contributed by atoms with Gasteiger partial charge >= 0.3 is 0 Å². The predicted molar refractivity (Wildman–Crippen MR) is 40.2 cm³/mol. The van der Waals surface area contributed by atoms with Crippen LogP contribution < -0.4 is 0 Å². The highest BCUT2D eigenvalue weighted by Crippen LogP contribution is 2.19. The summed E-state index contributed by atoms with van der Waals surface area (Å²) in [6.45, 7) is 5.64. The van der Waals surface area contributed by atoms with Crippen LogP contribution in [0, 0.1) is 5.92 Å². The molecule has 0 saturated carbocycles. The van der Waals surface area contributed by atoms with E-state index in [0.717, 1.165) is 5.92 Å². The Morgan fingerprint density at radius 3 is 2.67 bits per heavy atom. The molecule has 9 heavy (non-hydrogen) atoms. The largest absolute Gasteiger partial charge is 0.378 e. The smallest absolute Gasteiger partial charge is 0.0235 e. The van der Waals surface area contributed by atoms with Crippen molar-refractivity contribution in [1.29, 1.82) is 0 Å². The molecule has 1 aliphatic rings. The summed E-state index contributed by atoms with van der Waals surface area (Å²) in [5, 5.41) is 0. The number of hydrogen-bond acceptors (Lipinski definition) is 1. The predicted octanol–water partition coefficient (Wildman–Crippen LogP) is 1.86. The Balaban J connectivity index is 2.52. The molecule has 1 heterocycles. The molecule has 52 valence electrons. The lowest BCUT2D eigenvalue weighted by Crippen LogP contribution is -2.14. The van der Waals surface area contributed by atoms with Gasteiger partial charge in [-0.2, -0.15) is 0 Å². The summed E-state index contributed by atoms with van der Waals surface area (Å²) in [6.07, 6.45) is 3.64. The van der Waals surface area contributed by atoms with Gasteiger partial charge in [-0.3, -0.25) is 0 Å². The van der Waals surface area contributed by atoms with Crippen LogP contribution in [-0.2, 0) is 0 Å². The van der Waals surface area contributed by atoms with E-state index < -0.39 is 0 Å². The quantitative estimate of drug-likeness (QED) is 0.517. The van der Waals surface area contributed by atoms with Crippen molar-refractivity contribution in [3.63, 3.8) is 0 Å². The average molecular weight is 125 g/mol. The lowest BCUT2D eigenvalue weighted by atomic mass is 10.1.